The number of nitrogens with zero attached hydrogens (tertiary/aromatic N) is 3. The molecular weight excluding hydrogens is 410 g/mol. The summed E-state index contributed by atoms with van der Waals surface area (Å²) in [4.78, 5) is 20.7. The van der Waals surface area contributed by atoms with Crippen molar-refractivity contribution in [3.8, 4) is 0 Å². The third kappa shape index (κ3) is 4.98. The Labute approximate surface area is 176 Å². The van der Waals surface area contributed by atoms with Gasteiger partial charge in [0.1, 0.15) is 11.5 Å². The highest BCUT2D eigenvalue weighted by atomic mass is 32.1. The van der Waals surface area contributed by atoms with E-state index in [0.717, 1.165) is 44.9 Å². The van der Waals surface area contributed by atoms with E-state index in [0.29, 0.717) is 22.4 Å². The van der Waals surface area contributed by atoms with Crippen molar-refractivity contribution >= 4 is 34.5 Å². The molecule has 9 heteroatoms. The highest BCUT2D eigenvalue weighted by molar-refractivity contribution is 7.14. The lowest BCUT2D eigenvalue weighted by Crippen LogP contribution is -2.23. The molecular formula is C21H20F2N4O2S. The number of rotatable bonds is 6. The van der Waals surface area contributed by atoms with Crippen LogP contribution in [0.1, 0.15) is 34.7 Å². The predicted molar refractivity (Wildman–Crippen MR) is 111 cm³/mol. The molecule has 1 fully saturated rings. The van der Waals surface area contributed by atoms with Crippen LogP contribution in [0.4, 0.5) is 13.9 Å². The van der Waals surface area contributed by atoms with E-state index in [4.69, 9.17) is 4.74 Å². The third-order valence-corrected chi connectivity index (χ3v) is 5.62. The molecule has 0 atom stereocenters. The first-order valence-electron chi connectivity index (χ1n) is 9.57. The van der Waals surface area contributed by atoms with Gasteiger partial charge < -0.3 is 9.30 Å². The van der Waals surface area contributed by atoms with Crippen LogP contribution in [-0.4, -0.2) is 33.7 Å². The van der Waals surface area contributed by atoms with E-state index in [2.05, 4.69) is 15.3 Å². The molecule has 0 aliphatic carbocycles. The molecule has 3 aromatic heterocycles. The lowest BCUT2D eigenvalue weighted by molar-refractivity contribution is 0.0610. The minimum absolute atomic E-state index is 0.0147. The number of halogens is 2. The molecule has 0 aromatic carbocycles. The second kappa shape index (κ2) is 9.27. The Bertz CT molecular complexity index is 1060. The molecule has 4 rings (SSSR count). The Morgan fingerprint density at radius 1 is 1.33 bits per heavy atom. The highest BCUT2D eigenvalue weighted by Gasteiger charge is 2.18. The van der Waals surface area contributed by atoms with Gasteiger partial charge in [0, 0.05) is 37.4 Å². The van der Waals surface area contributed by atoms with Crippen LogP contribution in [0.5, 0.6) is 0 Å². The van der Waals surface area contributed by atoms with E-state index >= 15 is 0 Å². The minimum atomic E-state index is -0.750. The second-order valence-electron chi connectivity index (χ2n) is 6.99. The maximum absolute atomic E-state index is 13.7. The zero-order valence-corrected chi connectivity index (χ0v) is 16.9. The van der Waals surface area contributed by atoms with Crippen molar-refractivity contribution in [2.75, 3.05) is 18.5 Å². The second-order valence-corrected chi connectivity index (χ2v) is 7.85. The number of hydrogen-bond donors (Lipinski definition) is 1. The van der Waals surface area contributed by atoms with Crippen molar-refractivity contribution in [2.24, 2.45) is 5.92 Å². The number of anilines is 1. The monoisotopic (exact) mass is 430 g/mol. The predicted octanol–water partition coefficient (Wildman–Crippen LogP) is 4.47. The molecule has 0 radical (unpaired) electrons. The average molecular weight is 430 g/mol. The first kappa shape index (κ1) is 20.4. The van der Waals surface area contributed by atoms with Crippen molar-refractivity contribution in [1.29, 1.82) is 0 Å². The van der Waals surface area contributed by atoms with Gasteiger partial charge in [-0.25, -0.2) is 13.8 Å². The number of hydrogen-bond acceptors (Lipinski definition) is 5. The minimum Gasteiger partial charge on any atom is -0.381 e. The van der Waals surface area contributed by atoms with Crippen molar-refractivity contribution in [3.05, 3.63) is 64.7 Å². The summed E-state index contributed by atoms with van der Waals surface area (Å²) in [5.41, 5.74) is 1.13. The molecule has 0 bridgehead atoms. The Morgan fingerprint density at radius 2 is 2.17 bits per heavy atom. The third-order valence-electron chi connectivity index (χ3n) is 4.85. The number of pyridine rings is 1. The number of amides is 1. The first-order chi connectivity index (χ1) is 14.6. The molecule has 3 aromatic rings. The fraction of sp³-hybridized carbons (Fsp3) is 0.286. The molecule has 6 nitrogen and oxygen atoms in total. The zero-order chi connectivity index (χ0) is 20.9. The number of aromatic nitrogens is 3. The van der Waals surface area contributed by atoms with Crippen LogP contribution in [0.3, 0.4) is 0 Å². The lowest BCUT2D eigenvalue weighted by Gasteiger charge is -2.23. The van der Waals surface area contributed by atoms with E-state index in [9.17, 15) is 13.6 Å². The molecule has 1 N–H and O–H groups in total. The zero-order valence-electron chi connectivity index (χ0n) is 16.1. The van der Waals surface area contributed by atoms with E-state index in [1.165, 1.54) is 17.4 Å². The number of carbonyl (C=O) groups excluding carboxylic acids is 1. The molecule has 0 spiro atoms. The molecule has 1 saturated heterocycles. The summed E-state index contributed by atoms with van der Waals surface area (Å²) in [6.07, 6.45) is 7.81. The van der Waals surface area contributed by atoms with Gasteiger partial charge in [-0.15, -0.1) is 11.3 Å². The van der Waals surface area contributed by atoms with Crippen molar-refractivity contribution in [3.63, 3.8) is 0 Å². The van der Waals surface area contributed by atoms with Gasteiger partial charge in [-0.2, -0.15) is 0 Å². The van der Waals surface area contributed by atoms with E-state index in [1.54, 1.807) is 17.5 Å². The smallest absolute Gasteiger partial charge is 0.274 e. The van der Waals surface area contributed by atoms with Crippen LogP contribution in [0.25, 0.3) is 12.2 Å². The average Bonchev–Trinajstić information content (AvgIpc) is 3.37. The van der Waals surface area contributed by atoms with Gasteiger partial charge in [-0.1, -0.05) is 0 Å². The van der Waals surface area contributed by atoms with Crippen molar-refractivity contribution in [2.45, 2.75) is 19.4 Å². The Balaban J connectivity index is 1.40. The fourth-order valence-electron chi connectivity index (χ4n) is 3.28. The van der Waals surface area contributed by atoms with E-state index in [1.807, 2.05) is 16.8 Å². The topological polar surface area (TPSA) is 69.0 Å². The number of carbonyl (C=O) groups is 1. The summed E-state index contributed by atoms with van der Waals surface area (Å²) in [6, 6.07) is 4.41. The fourth-order valence-corrected chi connectivity index (χ4v) is 3.95. The van der Waals surface area contributed by atoms with Gasteiger partial charge in [0.25, 0.3) is 5.91 Å². The summed E-state index contributed by atoms with van der Waals surface area (Å²) in [6.45, 7) is 2.31. The first-order valence-corrected chi connectivity index (χ1v) is 10.5. The van der Waals surface area contributed by atoms with Crippen molar-refractivity contribution < 1.29 is 18.3 Å². The largest absolute Gasteiger partial charge is 0.381 e. The molecule has 0 unspecified atom stereocenters. The molecule has 1 aliphatic heterocycles. The van der Waals surface area contributed by atoms with Crippen LogP contribution in [-0.2, 0) is 11.3 Å². The van der Waals surface area contributed by atoms with Gasteiger partial charge in [0.2, 0.25) is 0 Å². The van der Waals surface area contributed by atoms with E-state index in [-0.39, 0.29) is 11.6 Å². The summed E-state index contributed by atoms with van der Waals surface area (Å²) in [5, 5.41) is 4.98. The van der Waals surface area contributed by atoms with Crippen LogP contribution >= 0.6 is 11.3 Å². The molecule has 1 aliphatic rings. The van der Waals surface area contributed by atoms with Crippen LogP contribution < -0.4 is 5.32 Å². The summed E-state index contributed by atoms with van der Waals surface area (Å²) < 4.78 is 33.9. The highest BCUT2D eigenvalue weighted by Crippen LogP contribution is 2.21. The Kier molecular flexibility index (Phi) is 6.29. The van der Waals surface area contributed by atoms with Crippen LogP contribution in [0.15, 0.2) is 36.0 Å². The van der Waals surface area contributed by atoms with Crippen LogP contribution in [0.2, 0.25) is 0 Å². The quantitative estimate of drug-likeness (QED) is 0.627. The van der Waals surface area contributed by atoms with Crippen molar-refractivity contribution in [1.82, 2.24) is 14.5 Å². The summed E-state index contributed by atoms with van der Waals surface area (Å²) in [5.74, 6) is -1.22. The molecule has 30 heavy (non-hydrogen) atoms. The van der Waals surface area contributed by atoms with Gasteiger partial charge in [0.05, 0.1) is 17.6 Å². The standard InChI is InChI=1S/C21H20F2N4O2S/c22-15-10-17(23)18(24-11-15)4-3-16-13-30-21(25-16)26-20(28)19-2-1-7-27(19)12-14-5-8-29-9-6-14/h1-4,7,10-11,13-14H,5-6,8-9,12H2,(H,25,26,28). The SMILES string of the molecule is O=C(Nc1nc(C=Cc2ncc(F)cc2F)cs1)c1cccn1CC1CCOCC1. The van der Waals surface area contributed by atoms with Crippen LogP contribution in [0, 0.1) is 17.6 Å². The molecule has 1 amide bonds. The Hall–Kier alpha value is -2.91. The molecule has 156 valence electrons. The molecule has 4 heterocycles. The summed E-state index contributed by atoms with van der Waals surface area (Å²) >= 11 is 1.26. The lowest BCUT2D eigenvalue weighted by atomic mass is 10.0. The number of nitrogens with one attached hydrogen (secondary N) is 1. The maximum Gasteiger partial charge on any atom is 0.274 e. The normalized spacial score (nSPS) is 15.0. The summed E-state index contributed by atoms with van der Waals surface area (Å²) in [7, 11) is 0. The number of thiazole rings is 1. The van der Waals surface area contributed by atoms with Gasteiger partial charge in [-0.3, -0.25) is 15.1 Å². The van der Waals surface area contributed by atoms with Gasteiger partial charge >= 0.3 is 0 Å². The van der Waals surface area contributed by atoms with Gasteiger partial charge in [-0.05, 0) is 43.0 Å². The Morgan fingerprint density at radius 3 is 2.97 bits per heavy atom. The molecule has 0 saturated carbocycles. The maximum atomic E-state index is 13.7. The van der Waals surface area contributed by atoms with Gasteiger partial charge in [0.15, 0.2) is 10.9 Å². The number of ether oxygens (including phenoxy) is 1. The van der Waals surface area contributed by atoms with E-state index < -0.39 is 11.6 Å².